The molecule has 0 fully saturated rings. The lowest BCUT2D eigenvalue weighted by molar-refractivity contribution is 0.195. The van der Waals surface area contributed by atoms with Gasteiger partial charge in [0.15, 0.2) is 0 Å². The third-order valence-electron chi connectivity index (χ3n) is 2.18. The van der Waals surface area contributed by atoms with Gasteiger partial charge in [-0.15, -0.1) is 4.83 Å². The number of benzene rings is 1. The first-order chi connectivity index (χ1) is 8.56. The Kier molecular flexibility index (Phi) is 3.68. The molecule has 1 heterocycles. The Morgan fingerprint density at radius 3 is 3.06 bits per heavy atom. The van der Waals surface area contributed by atoms with Crippen molar-refractivity contribution in [1.29, 1.82) is 0 Å². The fraction of sp³-hybridized carbons (Fsp3) is 0.200. The lowest BCUT2D eigenvalue weighted by Gasteiger charge is -2.25. The van der Waals surface area contributed by atoms with Crippen LogP contribution in [0.15, 0.2) is 34.3 Å². The van der Waals surface area contributed by atoms with Crippen molar-refractivity contribution in [2.75, 3.05) is 6.54 Å². The van der Waals surface area contributed by atoms with Gasteiger partial charge in [-0.05, 0) is 25.1 Å². The van der Waals surface area contributed by atoms with E-state index >= 15 is 0 Å². The van der Waals surface area contributed by atoms with E-state index in [0.29, 0.717) is 5.71 Å². The summed E-state index contributed by atoms with van der Waals surface area (Å²) in [6, 6.07) is 4.85. The number of nitrogens with zero attached hydrogens (tertiary/aromatic N) is 2. The van der Waals surface area contributed by atoms with E-state index in [1.807, 2.05) is 0 Å². The molecule has 96 valence electrons. The molecule has 2 N–H and O–H groups in total. The highest BCUT2D eigenvalue weighted by Crippen LogP contribution is 2.08. The molecule has 2 amide bonds. The van der Waals surface area contributed by atoms with Crippen LogP contribution < -0.4 is 10.3 Å². The SMILES string of the molecule is CC1=NNC(=O)N(NS(=O)c2cccc(F)c2)C1. The van der Waals surface area contributed by atoms with Crippen LogP contribution in [0.2, 0.25) is 0 Å². The molecule has 18 heavy (non-hydrogen) atoms. The molecule has 0 saturated heterocycles. The van der Waals surface area contributed by atoms with Crippen LogP contribution in [0, 0.1) is 5.82 Å². The Morgan fingerprint density at radius 1 is 1.56 bits per heavy atom. The average Bonchev–Trinajstić information content (AvgIpc) is 2.34. The molecule has 1 aromatic carbocycles. The highest BCUT2D eigenvalue weighted by Gasteiger charge is 2.20. The van der Waals surface area contributed by atoms with Gasteiger partial charge in [0.25, 0.3) is 0 Å². The zero-order valence-electron chi connectivity index (χ0n) is 9.51. The van der Waals surface area contributed by atoms with Crippen molar-refractivity contribution in [3.8, 4) is 0 Å². The first-order valence-corrected chi connectivity index (χ1v) is 6.25. The van der Waals surface area contributed by atoms with Crippen molar-refractivity contribution in [3.63, 3.8) is 0 Å². The van der Waals surface area contributed by atoms with Crippen molar-refractivity contribution in [3.05, 3.63) is 30.1 Å². The molecular formula is C10H11FN4O2S. The summed E-state index contributed by atoms with van der Waals surface area (Å²) in [4.78, 5) is 14.2. The molecule has 1 aliphatic rings. The first kappa shape index (κ1) is 12.7. The standard InChI is InChI=1S/C10H11FN4O2S/c1-7-6-15(10(16)13-12-7)14-18(17)9-4-2-3-8(11)5-9/h2-5,14H,6H2,1H3,(H,13,16). The van der Waals surface area contributed by atoms with Crippen molar-refractivity contribution in [2.45, 2.75) is 11.8 Å². The number of urea groups is 1. The smallest absolute Gasteiger partial charge is 0.245 e. The number of hydrazine groups is 1. The summed E-state index contributed by atoms with van der Waals surface area (Å²) in [6.45, 7) is 1.94. The van der Waals surface area contributed by atoms with Crippen LogP contribution in [-0.4, -0.2) is 27.5 Å². The lowest BCUT2D eigenvalue weighted by Crippen LogP contribution is -2.52. The molecule has 1 aliphatic heterocycles. The minimum absolute atomic E-state index is 0.215. The monoisotopic (exact) mass is 270 g/mol. The van der Waals surface area contributed by atoms with E-state index in [-0.39, 0.29) is 11.4 Å². The van der Waals surface area contributed by atoms with Gasteiger partial charge in [0.05, 0.1) is 17.2 Å². The molecule has 0 saturated carbocycles. The summed E-state index contributed by atoms with van der Waals surface area (Å²) in [5.41, 5.74) is 2.92. The molecular weight excluding hydrogens is 259 g/mol. The summed E-state index contributed by atoms with van der Waals surface area (Å²) in [6.07, 6.45) is 0. The summed E-state index contributed by atoms with van der Waals surface area (Å²) in [5, 5.41) is 4.86. The van der Waals surface area contributed by atoms with E-state index in [2.05, 4.69) is 15.4 Å². The highest BCUT2D eigenvalue weighted by molar-refractivity contribution is 7.83. The average molecular weight is 270 g/mol. The Hall–Kier alpha value is -1.80. The van der Waals surface area contributed by atoms with Gasteiger partial charge in [-0.2, -0.15) is 5.10 Å². The van der Waals surface area contributed by atoms with Crippen molar-refractivity contribution in [1.82, 2.24) is 15.3 Å². The van der Waals surface area contributed by atoms with Gasteiger partial charge in [0, 0.05) is 0 Å². The van der Waals surface area contributed by atoms with Crippen molar-refractivity contribution in [2.24, 2.45) is 5.10 Å². The number of amides is 2. The number of carbonyl (C=O) groups excluding carboxylic acids is 1. The van der Waals surface area contributed by atoms with E-state index in [4.69, 9.17) is 0 Å². The second-order valence-corrected chi connectivity index (χ2v) is 4.86. The summed E-state index contributed by atoms with van der Waals surface area (Å²) >= 11 is 0. The predicted octanol–water partition coefficient (Wildman–Crippen LogP) is 0.754. The van der Waals surface area contributed by atoms with Crippen LogP contribution in [0.3, 0.4) is 0 Å². The van der Waals surface area contributed by atoms with Crippen LogP contribution >= 0.6 is 0 Å². The van der Waals surface area contributed by atoms with E-state index in [1.54, 1.807) is 6.92 Å². The van der Waals surface area contributed by atoms with E-state index < -0.39 is 22.8 Å². The molecule has 0 aliphatic carbocycles. The number of hydrogen-bond acceptors (Lipinski definition) is 3. The molecule has 2 rings (SSSR count). The fourth-order valence-electron chi connectivity index (χ4n) is 1.35. The maximum Gasteiger partial charge on any atom is 0.353 e. The van der Waals surface area contributed by atoms with Crippen LogP contribution in [0.25, 0.3) is 0 Å². The van der Waals surface area contributed by atoms with Gasteiger partial charge in [0.1, 0.15) is 16.8 Å². The Bertz CT molecular complexity index is 534. The van der Waals surface area contributed by atoms with Crippen LogP contribution in [0.1, 0.15) is 6.92 Å². The van der Waals surface area contributed by atoms with Gasteiger partial charge in [-0.25, -0.2) is 23.8 Å². The fourth-order valence-corrected chi connectivity index (χ4v) is 2.22. The molecule has 1 atom stereocenters. The molecule has 8 heteroatoms. The quantitative estimate of drug-likeness (QED) is 0.850. The molecule has 6 nitrogen and oxygen atoms in total. The van der Waals surface area contributed by atoms with Crippen LogP contribution in [0.5, 0.6) is 0 Å². The molecule has 0 spiro atoms. The molecule has 1 aromatic rings. The summed E-state index contributed by atoms with van der Waals surface area (Å²) in [7, 11) is -1.71. The summed E-state index contributed by atoms with van der Waals surface area (Å²) < 4.78 is 24.9. The normalized spacial score (nSPS) is 17.1. The van der Waals surface area contributed by atoms with Gasteiger partial charge in [-0.1, -0.05) is 6.07 Å². The number of rotatable bonds is 3. The number of halogens is 1. The van der Waals surface area contributed by atoms with Gasteiger partial charge in [-0.3, -0.25) is 0 Å². The van der Waals surface area contributed by atoms with Crippen molar-refractivity contribution < 1.29 is 13.4 Å². The number of carbonyl (C=O) groups is 1. The Balaban J connectivity index is 2.08. The number of hydrogen-bond donors (Lipinski definition) is 2. The lowest BCUT2D eigenvalue weighted by atomic mass is 10.4. The minimum atomic E-state index is -1.71. The molecule has 0 radical (unpaired) electrons. The van der Waals surface area contributed by atoms with E-state index in [9.17, 15) is 13.4 Å². The maximum atomic E-state index is 13.0. The zero-order chi connectivity index (χ0) is 13.1. The van der Waals surface area contributed by atoms with Gasteiger partial charge < -0.3 is 0 Å². The second kappa shape index (κ2) is 5.23. The van der Waals surface area contributed by atoms with Gasteiger partial charge in [0.2, 0.25) is 0 Å². The van der Waals surface area contributed by atoms with Crippen molar-refractivity contribution >= 4 is 22.7 Å². The van der Waals surface area contributed by atoms with Crippen LogP contribution in [-0.2, 0) is 11.0 Å². The minimum Gasteiger partial charge on any atom is -0.245 e. The number of nitrogens with one attached hydrogen (secondary N) is 2. The molecule has 0 aromatic heterocycles. The Morgan fingerprint density at radius 2 is 2.33 bits per heavy atom. The highest BCUT2D eigenvalue weighted by atomic mass is 32.2. The topological polar surface area (TPSA) is 73.8 Å². The predicted molar refractivity (Wildman–Crippen MR) is 64.3 cm³/mol. The summed E-state index contributed by atoms with van der Waals surface area (Å²) in [5.74, 6) is -0.483. The van der Waals surface area contributed by atoms with Gasteiger partial charge >= 0.3 is 6.03 Å². The largest absolute Gasteiger partial charge is 0.353 e. The molecule has 1 unspecified atom stereocenters. The second-order valence-electron chi connectivity index (χ2n) is 3.67. The van der Waals surface area contributed by atoms with E-state index in [1.165, 1.54) is 18.2 Å². The third kappa shape index (κ3) is 2.90. The third-order valence-corrected chi connectivity index (χ3v) is 3.25. The Labute approximate surface area is 105 Å². The molecule has 0 bridgehead atoms. The first-order valence-electron chi connectivity index (χ1n) is 5.10. The van der Waals surface area contributed by atoms with Crippen LogP contribution in [0.4, 0.5) is 9.18 Å². The van der Waals surface area contributed by atoms with E-state index in [0.717, 1.165) is 11.1 Å². The number of hydrazone groups is 1. The maximum absolute atomic E-state index is 13.0. The zero-order valence-corrected chi connectivity index (χ0v) is 10.3.